The second-order valence-corrected chi connectivity index (χ2v) is 7.16. The van der Waals surface area contributed by atoms with Crippen molar-refractivity contribution >= 4 is 11.6 Å². The molecule has 26 heavy (non-hydrogen) atoms. The molecule has 0 unspecified atom stereocenters. The Morgan fingerprint density at radius 3 is 2.77 bits per heavy atom. The number of piperidine rings is 1. The summed E-state index contributed by atoms with van der Waals surface area (Å²) in [7, 11) is 0. The molecule has 1 atom stereocenters. The third kappa shape index (κ3) is 3.58. The molecule has 2 aromatic rings. The molecule has 2 fully saturated rings. The molecule has 7 heteroatoms. The first kappa shape index (κ1) is 17.0. The number of nitrogens with one attached hydrogen (secondary N) is 1. The highest BCUT2D eigenvalue weighted by Crippen LogP contribution is 2.28. The summed E-state index contributed by atoms with van der Waals surface area (Å²) in [5.41, 5.74) is 3.22. The van der Waals surface area contributed by atoms with Gasteiger partial charge < -0.3 is 15.0 Å². The minimum atomic E-state index is 0.0823. The summed E-state index contributed by atoms with van der Waals surface area (Å²) in [6, 6.07) is 2.18. The van der Waals surface area contributed by atoms with Gasteiger partial charge in [0.2, 0.25) is 5.91 Å². The van der Waals surface area contributed by atoms with Crippen molar-refractivity contribution in [1.29, 1.82) is 0 Å². The highest BCUT2D eigenvalue weighted by atomic mass is 16.5. The molecule has 1 N–H and O–H groups in total. The summed E-state index contributed by atoms with van der Waals surface area (Å²) >= 11 is 0. The van der Waals surface area contributed by atoms with E-state index in [1.54, 1.807) is 6.20 Å². The molecule has 0 saturated carbocycles. The Bertz CT molecular complexity index is 761. The molecular formula is C19H25N5O2. The molecule has 4 rings (SSSR count). The number of pyridine rings is 1. The van der Waals surface area contributed by atoms with Crippen LogP contribution in [0, 0.1) is 12.8 Å². The van der Waals surface area contributed by atoms with Gasteiger partial charge in [0, 0.05) is 38.0 Å². The molecule has 138 valence electrons. The van der Waals surface area contributed by atoms with E-state index in [0.717, 1.165) is 55.9 Å². The van der Waals surface area contributed by atoms with Crippen molar-refractivity contribution in [3.05, 3.63) is 36.4 Å². The number of nitrogens with zero attached hydrogens (tertiary/aromatic N) is 4. The third-order valence-electron chi connectivity index (χ3n) is 5.22. The predicted molar refractivity (Wildman–Crippen MR) is 98.4 cm³/mol. The highest BCUT2D eigenvalue weighted by Gasteiger charge is 2.28. The van der Waals surface area contributed by atoms with Crippen LogP contribution in [0.4, 0.5) is 5.69 Å². The molecule has 0 radical (unpaired) electrons. The number of hydrogen-bond donors (Lipinski definition) is 1. The van der Waals surface area contributed by atoms with Crippen LogP contribution >= 0.6 is 0 Å². The topological polar surface area (TPSA) is 72.3 Å². The lowest BCUT2D eigenvalue weighted by molar-refractivity contribution is -0.126. The molecule has 2 aromatic heterocycles. The van der Waals surface area contributed by atoms with E-state index < -0.39 is 0 Å². The molecule has 0 aliphatic carbocycles. The maximum Gasteiger partial charge on any atom is 0.223 e. The number of hydrogen-bond acceptors (Lipinski definition) is 5. The average Bonchev–Trinajstić information content (AvgIpc) is 3.33. The van der Waals surface area contributed by atoms with Gasteiger partial charge in [-0.3, -0.25) is 9.78 Å². The van der Waals surface area contributed by atoms with E-state index >= 15 is 0 Å². The third-order valence-corrected chi connectivity index (χ3v) is 5.22. The minimum Gasteiger partial charge on any atom is -0.379 e. The standard InChI is InChI=1S/C19H25N5O2/c1-14-10-21-24(12-14)17-2-6-20-11-18(17)23-7-3-15(4-8-23)19(25)22-16-5-9-26-13-16/h2,6,10-12,15-16H,3-5,7-9,13H2,1H3,(H,22,25)/t16-/m1/s1. The largest absolute Gasteiger partial charge is 0.379 e. The maximum absolute atomic E-state index is 12.5. The van der Waals surface area contributed by atoms with E-state index in [4.69, 9.17) is 4.74 Å². The smallest absolute Gasteiger partial charge is 0.223 e. The number of carbonyl (C=O) groups is 1. The minimum absolute atomic E-state index is 0.0823. The summed E-state index contributed by atoms with van der Waals surface area (Å²) in [6.07, 6.45) is 10.2. The lowest BCUT2D eigenvalue weighted by Gasteiger charge is -2.34. The Hall–Kier alpha value is -2.41. The molecule has 2 saturated heterocycles. The maximum atomic E-state index is 12.5. The lowest BCUT2D eigenvalue weighted by atomic mass is 9.95. The Balaban J connectivity index is 1.41. The predicted octanol–water partition coefficient (Wildman–Crippen LogP) is 1.70. The quantitative estimate of drug-likeness (QED) is 0.904. The summed E-state index contributed by atoms with van der Waals surface area (Å²) in [5, 5.41) is 7.56. The first-order valence-electron chi connectivity index (χ1n) is 9.29. The number of aryl methyl sites for hydroxylation is 1. The molecule has 7 nitrogen and oxygen atoms in total. The normalized spacial score (nSPS) is 21.1. The van der Waals surface area contributed by atoms with E-state index in [0.29, 0.717) is 6.61 Å². The van der Waals surface area contributed by atoms with Crippen LogP contribution in [0.25, 0.3) is 5.69 Å². The van der Waals surface area contributed by atoms with Crippen LogP contribution < -0.4 is 10.2 Å². The zero-order chi connectivity index (χ0) is 17.9. The van der Waals surface area contributed by atoms with E-state index in [1.165, 1.54) is 0 Å². The van der Waals surface area contributed by atoms with E-state index in [1.807, 2.05) is 36.3 Å². The highest BCUT2D eigenvalue weighted by molar-refractivity contribution is 5.79. The molecule has 0 bridgehead atoms. The average molecular weight is 355 g/mol. The monoisotopic (exact) mass is 355 g/mol. The van der Waals surface area contributed by atoms with Crippen LogP contribution in [0.2, 0.25) is 0 Å². The van der Waals surface area contributed by atoms with E-state index in [-0.39, 0.29) is 17.9 Å². The fourth-order valence-electron chi connectivity index (χ4n) is 3.71. The van der Waals surface area contributed by atoms with Gasteiger partial charge >= 0.3 is 0 Å². The second kappa shape index (κ2) is 7.45. The van der Waals surface area contributed by atoms with E-state index in [2.05, 4.69) is 20.3 Å². The summed E-state index contributed by atoms with van der Waals surface area (Å²) in [4.78, 5) is 19.1. The molecule has 0 aromatic carbocycles. The van der Waals surface area contributed by atoms with Crippen molar-refractivity contribution in [2.45, 2.75) is 32.2 Å². The van der Waals surface area contributed by atoms with Crippen molar-refractivity contribution in [3.63, 3.8) is 0 Å². The van der Waals surface area contributed by atoms with Gasteiger partial charge in [0.05, 0.1) is 36.4 Å². The van der Waals surface area contributed by atoms with Crippen LogP contribution in [0.5, 0.6) is 0 Å². The van der Waals surface area contributed by atoms with Crippen LogP contribution in [0.1, 0.15) is 24.8 Å². The number of anilines is 1. The molecule has 0 spiro atoms. The second-order valence-electron chi connectivity index (χ2n) is 7.16. The summed E-state index contributed by atoms with van der Waals surface area (Å²) in [6.45, 7) is 5.12. The number of ether oxygens (including phenoxy) is 1. The molecule has 4 heterocycles. The van der Waals surface area contributed by atoms with Gasteiger partial charge in [-0.2, -0.15) is 5.10 Å². The molecular weight excluding hydrogens is 330 g/mol. The van der Waals surface area contributed by atoms with Crippen molar-refractivity contribution in [2.24, 2.45) is 5.92 Å². The summed E-state index contributed by atoms with van der Waals surface area (Å²) < 4.78 is 7.23. The zero-order valence-electron chi connectivity index (χ0n) is 15.1. The molecule has 1 amide bonds. The van der Waals surface area contributed by atoms with Crippen molar-refractivity contribution in [2.75, 3.05) is 31.2 Å². The molecule has 2 aliphatic rings. The zero-order valence-corrected chi connectivity index (χ0v) is 15.1. The van der Waals surface area contributed by atoms with Crippen molar-refractivity contribution in [3.8, 4) is 5.69 Å². The number of aromatic nitrogens is 3. The van der Waals surface area contributed by atoms with Gasteiger partial charge in [-0.25, -0.2) is 4.68 Å². The van der Waals surface area contributed by atoms with Gasteiger partial charge in [-0.15, -0.1) is 0 Å². The Kier molecular flexibility index (Phi) is 4.88. The van der Waals surface area contributed by atoms with Gasteiger partial charge in [0.15, 0.2) is 0 Å². The van der Waals surface area contributed by atoms with Crippen LogP contribution in [-0.4, -0.2) is 53.0 Å². The Labute approximate surface area is 153 Å². The Morgan fingerprint density at radius 2 is 2.08 bits per heavy atom. The Morgan fingerprint density at radius 1 is 1.23 bits per heavy atom. The van der Waals surface area contributed by atoms with Crippen molar-refractivity contribution in [1.82, 2.24) is 20.1 Å². The van der Waals surface area contributed by atoms with Crippen molar-refractivity contribution < 1.29 is 9.53 Å². The number of carbonyl (C=O) groups excluding carboxylic acids is 1. The van der Waals surface area contributed by atoms with Gasteiger partial charge in [0.25, 0.3) is 0 Å². The van der Waals surface area contributed by atoms with E-state index in [9.17, 15) is 4.79 Å². The van der Waals surface area contributed by atoms with Crippen LogP contribution in [-0.2, 0) is 9.53 Å². The van der Waals surface area contributed by atoms with Gasteiger partial charge in [-0.1, -0.05) is 0 Å². The first-order chi connectivity index (χ1) is 12.7. The first-order valence-corrected chi connectivity index (χ1v) is 9.29. The SMILES string of the molecule is Cc1cnn(-c2ccncc2N2CCC(C(=O)N[C@@H]3CCOC3)CC2)c1. The van der Waals surface area contributed by atoms with Gasteiger partial charge in [-0.05, 0) is 37.8 Å². The fraction of sp³-hybridized carbons (Fsp3) is 0.526. The number of amides is 1. The van der Waals surface area contributed by atoms with Gasteiger partial charge in [0.1, 0.15) is 0 Å². The summed E-state index contributed by atoms with van der Waals surface area (Å²) in [5.74, 6) is 0.258. The van der Waals surface area contributed by atoms with Crippen LogP contribution in [0.3, 0.4) is 0 Å². The van der Waals surface area contributed by atoms with Crippen LogP contribution in [0.15, 0.2) is 30.9 Å². The number of rotatable bonds is 4. The lowest BCUT2D eigenvalue weighted by Crippen LogP contribution is -2.44. The molecule has 2 aliphatic heterocycles. The fourth-order valence-corrected chi connectivity index (χ4v) is 3.71.